The summed E-state index contributed by atoms with van der Waals surface area (Å²) in [7, 11) is -3.39. The van der Waals surface area contributed by atoms with Crippen LogP contribution in [0.1, 0.15) is 43.1 Å². The van der Waals surface area contributed by atoms with Crippen molar-refractivity contribution in [2.24, 2.45) is 0 Å². The highest BCUT2D eigenvalue weighted by Crippen LogP contribution is 2.15. The Morgan fingerprint density at radius 2 is 1.81 bits per heavy atom. The molecule has 27 heavy (non-hydrogen) atoms. The van der Waals surface area contributed by atoms with E-state index in [1.54, 1.807) is 25.1 Å². The van der Waals surface area contributed by atoms with E-state index in [1.807, 2.05) is 38.1 Å². The number of hydrogen-bond acceptors (Lipinski definition) is 4. The molecule has 0 saturated carbocycles. The molecule has 7 heteroatoms. The third-order valence-electron chi connectivity index (χ3n) is 3.62. The maximum absolute atomic E-state index is 12.4. The van der Waals surface area contributed by atoms with E-state index in [0.717, 1.165) is 11.3 Å². The number of ether oxygens (including phenoxy) is 1. The first-order chi connectivity index (χ1) is 12.8. The number of carbonyl (C=O) groups excluding carboxylic acids is 1. The van der Waals surface area contributed by atoms with Gasteiger partial charge in [-0.15, -0.1) is 0 Å². The average molecular weight is 391 g/mol. The lowest BCUT2D eigenvalue weighted by Crippen LogP contribution is -2.23. The standard InChI is InChI=1S/C20H26N2O4S/c1-4-12-27(24,25)22-18-7-5-6-17(13-18)20(23)21-14-16-8-10-19(11-9-16)26-15(2)3/h5-11,13,15,22H,4,12,14H2,1-3H3,(H,21,23). The van der Waals surface area contributed by atoms with E-state index in [4.69, 9.17) is 4.74 Å². The molecule has 0 bridgehead atoms. The van der Waals surface area contributed by atoms with Crippen LogP contribution in [-0.4, -0.2) is 26.2 Å². The van der Waals surface area contributed by atoms with Crippen molar-refractivity contribution in [2.45, 2.75) is 39.8 Å². The summed E-state index contributed by atoms with van der Waals surface area (Å²) in [6, 6.07) is 14.0. The van der Waals surface area contributed by atoms with Gasteiger partial charge in [0.05, 0.1) is 11.9 Å². The van der Waals surface area contributed by atoms with E-state index in [9.17, 15) is 13.2 Å². The van der Waals surface area contributed by atoms with Crippen LogP contribution in [0.25, 0.3) is 0 Å². The van der Waals surface area contributed by atoms with E-state index >= 15 is 0 Å². The van der Waals surface area contributed by atoms with E-state index < -0.39 is 10.0 Å². The molecule has 146 valence electrons. The van der Waals surface area contributed by atoms with Crippen molar-refractivity contribution in [3.05, 3.63) is 59.7 Å². The van der Waals surface area contributed by atoms with Crippen molar-refractivity contribution >= 4 is 21.6 Å². The van der Waals surface area contributed by atoms with Gasteiger partial charge in [-0.05, 0) is 56.2 Å². The number of nitrogens with one attached hydrogen (secondary N) is 2. The number of amides is 1. The fourth-order valence-corrected chi connectivity index (χ4v) is 3.59. The summed E-state index contributed by atoms with van der Waals surface area (Å²) in [6.07, 6.45) is 0.633. The van der Waals surface area contributed by atoms with Crippen LogP contribution in [0, 0.1) is 0 Å². The van der Waals surface area contributed by atoms with Crippen molar-refractivity contribution in [2.75, 3.05) is 10.5 Å². The minimum atomic E-state index is -3.39. The van der Waals surface area contributed by atoms with Crippen LogP contribution in [0.5, 0.6) is 5.75 Å². The zero-order chi connectivity index (χ0) is 19.9. The lowest BCUT2D eigenvalue weighted by Gasteiger charge is -2.11. The minimum absolute atomic E-state index is 0.0416. The van der Waals surface area contributed by atoms with Gasteiger partial charge in [0.1, 0.15) is 5.75 Å². The summed E-state index contributed by atoms with van der Waals surface area (Å²) in [5, 5.41) is 2.83. The van der Waals surface area contributed by atoms with Crippen LogP contribution in [0.4, 0.5) is 5.69 Å². The van der Waals surface area contributed by atoms with Gasteiger partial charge in [0.15, 0.2) is 0 Å². The Kier molecular flexibility index (Phi) is 7.24. The van der Waals surface area contributed by atoms with Crippen molar-refractivity contribution < 1.29 is 17.9 Å². The predicted octanol–water partition coefficient (Wildman–Crippen LogP) is 3.56. The van der Waals surface area contributed by atoms with Crippen LogP contribution in [0.15, 0.2) is 48.5 Å². The molecule has 2 rings (SSSR count). The van der Waals surface area contributed by atoms with Gasteiger partial charge in [-0.25, -0.2) is 8.42 Å². The van der Waals surface area contributed by atoms with E-state index in [1.165, 1.54) is 6.07 Å². The predicted molar refractivity (Wildman–Crippen MR) is 108 cm³/mol. The molecular weight excluding hydrogens is 364 g/mol. The summed E-state index contributed by atoms with van der Waals surface area (Å²) < 4.78 is 31.8. The molecule has 6 nitrogen and oxygen atoms in total. The maximum Gasteiger partial charge on any atom is 0.251 e. The van der Waals surface area contributed by atoms with Gasteiger partial charge in [0.2, 0.25) is 10.0 Å². The van der Waals surface area contributed by atoms with E-state index in [2.05, 4.69) is 10.0 Å². The summed E-state index contributed by atoms with van der Waals surface area (Å²) >= 11 is 0. The summed E-state index contributed by atoms with van der Waals surface area (Å²) in [5.41, 5.74) is 1.72. The molecule has 0 aliphatic carbocycles. The Labute approximate surface area is 161 Å². The number of anilines is 1. The Morgan fingerprint density at radius 1 is 1.11 bits per heavy atom. The van der Waals surface area contributed by atoms with Crippen LogP contribution in [0.3, 0.4) is 0 Å². The maximum atomic E-state index is 12.4. The molecule has 0 spiro atoms. The molecule has 0 aliphatic heterocycles. The van der Waals surface area contributed by atoms with Gasteiger partial charge in [0, 0.05) is 17.8 Å². The first-order valence-corrected chi connectivity index (χ1v) is 10.6. The lowest BCUT2D eigenvalue weighted by atomic mass is 10.1. The first kappa shape index (κ1) is 20.8. The second-order valence-electron chi connectivity index (χ2n) is 6.49. The fraction of sp³-hybridized carbons (Fsp3) is 0.350. The zero-order valence-corrected chi connectivity index (χ0v) is 16.7. The molecule has 0 radical (unpaired) electrons. The van der Waals surface area contributed by atoms with Gasteiger partial charge in [-0.3, -0.25) is 9.52 Å². The second-order valence-corrected chi connectivity index (χ2v) is 8.34. The minimum Gasteiger partial charge on any atom is -0.491 e. The highest BCUT2D eigenvalue weighted by Gasteiger charge is 2.11. The van der Waals surface area contributed by atoms with Gasteiger partial charge in [0.25, 0.3) is 5.91 Å². The Hall–Kier alpha value is -2.54. The highest BCUT2D eigenvalue weighted by molar-refractivity contribution is 7.92. The second kappa shape index (κ2) is 9.41. The quantitative estimate of drug-likeness (QED) is 0.686. The largest absolute Gasteiger partial charge is 0.491 e. The fourth-order valence-electron chi connectivity index (χ4n) is 2.47. The molecule has 0 aromatic heterocycles. The molecule has 0 fully saturated rings. The van der Waals surface area contributed by atoms with E-state index in [0.29, 0.717) is 24.2 Å². The Bertz CT molecular complexity index is 862. The lowest BCUT2D eigenvalue weighted by molar-refractivity contribution is 0.0951. The number of sulfonamides is 1. The average Bonchev–Trinajstić information content (AvgIpc) is 2.60. The number of carbonyl (C=O) groups is 1. The zero-order valence-electron chi connectivity index (χ0n) is 15.9. The topological polar surface area (TPSA) is 84.5 Å². The molecular formula is C20H26N2O4S. The van der Waals surface area contributed by atoms with Crippen molar-refractivity contribution in [3.63, 3.8) is 0 Å². The molecule has 0 unspecified atom stereocenters. The molecule has 2 N–H and O–H groups in total. The third-order valence-corrected chi connectivity index (χ3v) is 5.11. The molecule has 1 amide bonds. The van der Waals surface area contributed by atoms with Crippen molar-refractivity contribution in [1.82, 2.24) is 5.32 Å². The van der Waals surface area contributed by atoms with Crippen molar-refractivity contribution in [3.8, 4) is 5.75 Å². The van der Waals surface area contributed by atoms with Gasteiger partial charge >= 0.3 is 0 Å². The Balaban J connectivity index is 1.97. The smallest absolute Gasteiger partial charge is 0.251 e. The molecule has 0 aliphatic rings. The molecule has 0 saturated heterocycles. The van der Waals surface area contributed by atoms with Crippen LogP contribution >= 0.6 is 0 Å². The summed E-state index contributed by atoms with van der Waals surface area (Å²) in [6.45, 7) is 6.09. The monoisotopic (exact) mass is 390 g/mol. The van der Waals surface area contributed by atoms with Gasteiger partial charge in [-0.1, -0.05) is 25.1 Å². The van der Waals surface area contributed by atoms with Crippen LogP contribution in [-0.2, 0) is 16.6 Å². The van der Waals surface area contributed by atoms with Crippen molar-refractivity contribution in [1.29, 1.82) is 0 Å². The molecule has 0 atom stereocenters. The number of hydrogen-bond donors (Lipinski definition) is 2. The SMILES string of the molecule is CCCS(=O)(=O)Nc1cccc(C(=O)NCc2ccc(OC(C)C)cc2)c1. The van der Waals surface area contributed by atoms with Gasteiger partial charge in [-0.2, -0.15) is 0 Å². The number of benzene rings is 2. The summed E-state index contributed by atoms with van der Waals surface area (Å²) in [4.78, 5) is 12.4. The Morgan fingerprint density at radius 3 is 2.44 bits per heavy atom. The normalized spacial score (nSPS) is 11.3. The molecule has 2 aromatic rings. The van der Waals surface area contributed by atoms with Crippen LogP contribution < -0.4 is 14.8 Å². The molecule has 2 aromatic carbocycles. The molecule has 0 heterocycles. The van der Waals surface area contributed by atoms with Crippen LogP contribution in [0.2, 0.25) is 0 Å². The van der Waals surface area contributed by atoms with Gasteiger partial charge < -0.3 is 10.1 Å². The van der Waals surface area contributed by atoms with E-state index in [-0.39, 0.29) is 17.8 Å². The number of rotatable bonds is 9. The third kappa shape index (κ3) is 6.94. The summed E-state index contributed by atoms with van der Waals surface area (Å²) in [5.74, 6) is 0.557. The first-order valence-electron chi connectivity index (χ1n) is 8.93. The highest BCUT2D eigenvalue weighted by atomic mass is 32.2.